The molecular weight excluding hydrogens is 402 g/mol. The van der Waals surface area contributed by atoms with Crippen LogP contribution in [0.5, 0.6) is 0 Å². The fourth-order valence-corrected chi connectivity index (χ4v) is 4.70. The normalized spacial score (nSPS) is 23.0. The number of hydrogen-bond donors (Lipinski definition) is 1. The molecule has 2 aliphatic heterocycles. The molecule has 1 N–H and O–H groups in total. The summed E-state index contributed by atoms with van der Waals surface area (Å²) in [6.45, 7) is 1.81. The second-order valence-electron chi connectivity index (χ2n) is 8.77. The molecule has 172 valence electrons. The Balaban J connectivity index is 0.000000222. The molecule has 0 spiro atoms. The highest BCUT2D eigenvalue weighted by Gasteiger charge is 2.40. The van der Waals surface area contributed by atoms with Crippen LogP contribution in [0.3, 0.4) is 0 Å². The zero-order valence-corrected chi connectivity index (χ0v) is 19.2. The van der Waals surface area contributed by atoms with Crippen molar-refractivity contribution in [2.75, 3.05) is 13.7 Å². The topological polar surface area (TPSA) is 66.8 Å². The van der Waals surface area contributed by atoms with Gasteiger partial charge in [-0.2, -0.15) is 0 Å². The Morgan fingerprint density at radius 1 is 1.00 bits per heavy atom. The number of esters is 1. The Morgan fingerprint density at radius 3 is 2.09 bits per heavy atom. The van der Waals surface area contributed by atoms with E-state index in [2.05, 4.69) is 11.9 Å². The van der Waals surface area contributed by atoms with Crippen molar-refractivity contribution in [1.82, 2.24) is 4.90 Å². The first kappa shape index (κ1) is 24.1. The Hall–Kier alpha value is -2.50. The average molecular weight is 438 g/mol. The van der Waals surface area contributed by atoms with Crippen molar-refractivity contribution < 1.29 is 19.4 Å². The van der Waals surface area contributed by atoms with Gasteiger partial charge in [0.1, 0.15) is 12.0 Å². The number of benzene rings is 2. The number of Topliss-reactive ketones (excluding diaryl/α,β-unsaturated/α-hetero) is 1. The van der Waals surface area contributed by atoms with Crippen LogP contribution < -0.4 is 0 Å². The molecule has 3 unspecified atom stereocenters. The minimum atomic E-state index is -0.566. The second-order valence-corrected chi connectivity index (χ2v) is 8.77. The lowest BCUT2D eigenvalue weighted by molar-refractivity contribution is -0.155. The molecule has 2 aliphatic rings. The summed E-state index contributed by atoms with van der Waals surface area (Å²) in [5.41, 5.74) is 1.65. The molecule has 5 nitrogen and oxygen atoms in total. The van der Waals surface area contributed by atoms with Gasteiger partial charge in [-0.15, -0.1) is 0 Å². The van der Waals surface area contributed by atoms with Crippen LogP contribution in [0, 0.1) is 0 Å². The summed E-state index contributed by atoms with van der Waals surface area (Å²) in [7, 11) is 2.17. The molecule has 2 fully saturated rings. The highest BCUT2D eigenvalue weighted by atomic mass is 16.5. The fourth-order valence-electron chi connectivity index (χ4n) is 4.70. The number of fused-ring (bicyclic) bond motifs is 2. The van der Waals surface area contributed by atoms with E-state index in [0.29, 0.717) is 18.5 Å². The number of ether oxygens (including phenoxy) is 1. The summed E-state index contributed by atoms with van der Waals surface area (Å²) in [5.74, 6) is -0.616. The van der Waals surface area contributed by atoms with Gasteiger partial charge >= 0.3 is 5.97 Å². The molecule has 32 heavy (non-hydrogen) atoms. The van der Waals surface area contributed by atoms with Crippen molar-refractivity contribution in [2.24, 2.45) is 0 Å². The van der Waals surface area contributed by atoms with Gasteiger partial charge in [0.2, 0.25) is 0 Å². The Kier molecular flexibility index (Phi) is 9.00. The fraction of sp³-hybridized carbons (Fsp3) is 0.481. The third-order valence-electron chi connectivity index (χ3n) is 6.58. The van der Waals surface area contributed by atoms with Crippen molar-refractivity contribution in [3.05, 3.63) is 71.8 Å². The predicted octanol–water partition coefficient (Wildman–Crippen LogP) is 4.60. The first-order valence-corrected chi connectivity index (χ1v) is 11.7. The molecule has 2 aromatic carbocycles. The quantitative estimate of drug-likeness (QED) is 0.507. The minimum Gasteiger partial charge on any atom is -0.462 e. The molecule has 0 amide bonds. The second kappa shape index (κ2) is 11.9. The predicted molar refractivity (Wildman–Crippen MR) is 126 cm³/mol. The number of ketones is 1. The van der Waals surface area contributed by atoms with E-state index in [0.717, 1.165) is 30.4 Å². The zero-order valence-electron chi connectivity index (χ0n) is 19.2. The standard InChI is InChI=1S/C17H23NO3.C10H12O/c1-18-13-7-8-14(18)10-15(9-13)21-17(20)16(11-19)12-5-3-2-4-6-12;1-2-6-10(11)9-7-4-3-5-8-9/h2-6,13-16,19H,7-11H2,1H3;3-5,7-8H,2,6H2,1H3. The number of nitrogens with zero attached hydrogens (tertiary/aromatic N) is 1. The van der Waals surface area contributed by atoms with Crippen molar-refractivity contribution >= 4 is 11.8 Å². The summed E-state index contributed by atoms with van der Waals surface area (Å²) in [6.07, 6.45) is 5.84. The number of rotatable bonds is 7. The van der Waals surface area contributed by atoms with Gasteiger partial charge < -0.3 is 14.7 Å². The third-order valence-corrected chi connectivity index (χ3v) is 6.58. The Morgan fingerprint density at radius 2 is 1.56 bits per heavy atom. The van der Waals surface area contributed by atoms with Crippen LogP contribution in [-0.4, -0.2) is 53.6 Å². The van der Waals surface area contributed by atoms with E-state index in [9.17, 15) is 14.7 Å². The minimum absolute atomic E-state index is 0.00367. The van der Waals surface area contributed by atoms with E-state index in [1.165, 1.54) is 12.8 Å². The van der Waals surface area contributed by atoms with E-state index < -0.39 is 5.92 Å². The zero-order chi connectivity index (χ0) is 22.9. The molecule has 4 rings (SSSR count). The van der Waals surface area contributed by atoms with Crippen molar-refractivity contribution in [3.63, 3.8) is 0 Å². The van der Waals surface area contributed by atoms with E-state index in [4.69, 9.17) is 4.74 Å². The van der Waals surface area contributed by atoms with Crippen LogP contribution in [0.15, 0.2) is 60.7 Å². The maximum atomic E-state index is 12.4. The van der Waals surface area contributed by atoms with Crippen LogP contribution in [0.25, 0.3) is 0 Å². The molecule has 5 heteroatoms. The van der Waals surface area contributed by atoms with Gasteiger partial charge in [-0.05, 0) is 44.7 Å². The monoisotopic (exact) mass is 437 g/mol. The molecule has 2 bridgehead atoms. The molecule has 2 heterocycles. The number of aliphatic hydroxyl groups excluding tert-OH is 1. The molecule has 2 saturated heterocycles. The van der Waals surface area contributed by atoms with E-state index in [1.54, 1.807) is 0 Å². The summed E-state index contributed by atoms with van der Waals surface area (Å²) in [6, 6.07) is 19.9. The first-order chi connectivity index (χ1) is 15.5. The average Bonchev–Trinajstić information content (AvgIpc) is 3.01. The number of piperidine rings is 1. The lowest BCUT2D eigenvalue weighted by atomic mass is 9.98. The highest BCUT2D eigenvalue weighted by Crippen LogP contribution is 2.36. The molecule has 0 radical (unpaired) electrons. The number of hydrogen-bond acceptors (Lipinski definition) is 5. The summed E-state index contributed by atoms with van der Waals surface area (Å²) in [4.78, 5) is 26.0. The Bertz CT molecular complexity index is 840. The van der Waals surface area contributed by atoms with Crippen LogP contribution in [0.4, 0.5) is 0 Å². The molecule has 0 aromatic heterocycles. The lowest BCUT2D eigenvalue weighted by Crippen LogP contribution is -2.43. The van der Waals surface area contributed by atoms with Gasteiger partial charge in [-0.25, -0.2) is 0 Å². The van der Waals surface area contributed by atoms with Gasteiger partial charge in [-0.3, -0.25) is 9.59 Å². The largest absolute Gasteiger partial charge is 0.462 e. The van der Waals surface area contributed by atoms with E-state index >= 15 is 0 Å². The van der Waals surface area contributed by atoms with Crippen molar-refractivity contribution in [1.29, 1.82) is 0 Å². The SMILES string of the molecule is CCCC(=O)c1ccccc1.CN1C2CCC1CC(OC(=O)C(CO)c1ccccc1)C2. The third kappa shape index (κ3) is 6.27. The van der Waals surface area contributed by atoms with Crippen LogP contribution in [0.1, 0.15) is 67.3 Å². The molecule has 2 aromatic rings. The molecule has 0 saturated carbocycles. The van der Waals surface area contributed by atoms with Crippen molar-refractivity contribution in [3.8, 4) is 0 Å². The maximum absolute atomic E-state index is 12.4. The maximum Gasteiger partial charge on any atom is 0.316 e. The smallest absolute Gasteiger partial charge is 0.316 e. The van der Waals surface area contributed by atoms with Crippen LogP contribution in [0.2, 0.25) is 0 Å². The summed E-state index contributed by atoms with van der Waals surface area (Å²) < 4.78 is 5.70. The lowest BCUT2D eigenvalue weighted by Gasteiger charge is -2.36. The first-order valence-electron chi connectivity index (χ1n) is 11.7. The van der Waals surface area contributed by atoms with E-state index in [-0.39, 0.29) is 24.5 Å². The van der Waals surface area contributed by atoms with Gasteiger partial charge in [0.25, 0.3) is 0 Å². The van der Waals surface area contributed by atoms with E-state index in [1.807, 2.05) is 67.6 Å². The highest BCUT2D eigenvalue weighted by molar-refractivity contribution is 5.95. The summed E-state index contributed by atoms with van der Waals surface area (Å²) >= 11 is 0. The van der Waals surface area contributed by atoms with Crippen LogP contribution in [-0.2, 0) is 9.53 Å². The van der Waals surface area contributed by atoms with Crippen molar-refractivity contribution in [2.45, 2.75) is 69.6 Å². The van der Waals surface area contributed by atoms with Gasteiger partial charge in [0.05, 0.1) is 6.61 Å². The molecule has 3 atom stereocenters. The van der Waals surface area contributed by atoms with Gasteiger partial charge in [-0.1, -0.05) is 67.6 Å². The number of carbonyl (C=O) groups excluding carboxylic acids is 2. The molecule has 0 aliphatic carbocycles. The van der Waals surface area contributed by atoms with Gasteiger partial charge in [0.15, 0.2) is 5.78 Å². The summed E-state index contributed by atoms with van der Waals surface area (Å²) in [5, 5.41) is 9.53. The van der Waals surface area contributed by atoms with Crippen LogP contribution >= 0.6 is 0 Å². The molecular formula is C27H35NO4. The van der Waals surface area contributed by atoms with Gasteiger partial charge in [0, 0.05) is 24.1 Å². The Labute approximate surface area is 191 Å². The number of carbonyl (C=O) groups is 2. The number of aliphatic hydroxyl groups is 1.